The topological polar surface area (TPSA) is 48.3 Å². The van der Waals surface area contributed by atoms with E-state index in [1.165, 1.54) is 23.9 Å². The average Bonchev–Trinajstić information content (AvgIpc) is 2.87. The van der Waals surface area contributed by atoms with Crippen LogP contribution in [0, 0.1) is 0 Å². The number of carbonyl (C=O) groups is 2. The molecule has 18 heavy (non-hydrogen) atoms. The summed E-state index contributed by atoms with van der Waals surface area (Å²) in [5.74, 6) is -0.862. The molecule has 1 aromatic carbocycles. The Balaban J connectivity index is 2.37. The van der Waals surface area contributed by atoms with Crippen LogP contribution in [-0.4, -0.2) is 23.6 Å². The number of methoxy groups -OCH3 is 1. The lowest BCUT2D eigenvalue weighted by Crippen LogP contribution is -2.17. The molecular formula is C13H10ClNO3. The van der Waals surface area contributed by atoms with Gasteiger partial charge in [0.15, 0.2) is 0 Å². The summed E-state index contributed by atoms with van der Waals surface area (Å²) in [6.45, 7) is 0. The van der Waals surface area contributed by atoms with Crippen molar-refractivity contribution in [1.82, 2.24) is 4.57 Å². The molecule has 0 N–H and O–H groups in total. The van der Waals surface area contributed by atoms with E-state index in [-0.39, 0.29) is 11.6 Å². The molecule has 2 rings (SSSR count). The van der Waals surface area contributed by atoms with Gasteiger partial charge in [0, 0.05) is 16.8 Å². The maximum absolute atomic E-state index is 12.2. The van der Waals surface area contributed by atoms with Crippen LogP contribution < -0.4 is 0 Å². The largest absolute Gasteiger partial charge is 0.464 e. The molecule has 2 aromatic rings. The zero-order chi connectivity index (χ0) is 13.1. The van der Waals surface area contributed by atoms with Gasteiger partial charge in [-0.1, -0.05) is 11.6 Å². The number of hydrogen-bond donors (Lipinski definition) is 0. The number of nitrogens with zero attached hydrogens (tertiary/aromatic N) is 1. The first-order valence-electron chi connectivity index (χ1n) is 5.19. The van der Waals surface area contributed by atoms with E-state index in [0.29, 0.717) is 10.6 Å². The Morgan fingerprint density at radius 3 is 2.44 bits per heavy atom. The highest BCUT2D eigenvalue weighted by atomic mass is 35.5. The van der Waals surface area contributed by atoms with Crippen molar-refractivity contribution in [2.45, 2.75) is 0 Å². The molecule has 0 fully saturated rings. The van der Waals surface area contributed by atoms with Crippen molar-refractivity contribution in [2.75, 3.05) is 7.11 Å². The van der Waals surface area contributed by atoms with Gasteiger partial charge in [0.1, 0.15) is 5.69 Å². The van der Waals surface area contributed by atoms with Gasteiger partial charge in [-0.2, -0.15) is 0 Å². The van der Waals surface area contributed by atoms with Crippen LogP contribution in [0.3, 0.4) is 0 Å². The minimum atomic E-state index is -0.553. The van der Waals surface area contributed by atoms with Crippen molar-refractivity contribution in [3.8, 4) is 0 Å². The minimum Gasteiger partial charge on any atom is -0.464 e. The summed E-state index contributed by atoms with van der Waals surface area (Å²) in [4.78, 5) is 23.6. The predicted octanol–water partition coefficient (Wildman–Crippen LogP) is 2.62. The Morgan fingerprint density at radius 1 is 1.17 bits per heavy atom. The van der Waals surface area contributed by atoms with Gasteiger partial charge >= 0.3 is 5.97 Å². The molecule has 0 amide bonds. The summed E-state index contributed by atoms with van der Waals surface area (Å²) in [5, 5.41) is 0.548. The Kier molecular flexibility index (Phi) is 3.48. The average molecular weight is 264 g/mol. The van der Waals surface area contributed by atoms with Crippen LogP contribution in [0.1, 0.15) is 20.8 Å². The fourth-order valence-electron chi connectivity index (χ4n) is 1.56. The van der Waals surface area contributed by atoms with Gasteiger partial charge in [0.25, 0.3) is 5.91 Å². The summed E-state index contributed by atoms with van der Waals surface area (Å²) in [6, 6.07) is 9.59. The summed E-state index contributed by atoms with van der Waals surface area (Å²) in [6.07, 6.45) is 1.52. The third kappa shape index (κ3) is 2.28. The molecule has 1 aromatic heterocycles. The summed E-state index contributed by atoms with van der Waals surface area (Å²) in [7, 11) is 1.27. The standard InChI is InChI=1S/C13H10ClNO3/c1-18-13(17)11-3-2-8-15(11)12(16)9-4-6-10(14)7-5-9/h2-8H,1H3. The molecule has 0 unspecified atom stereocenters. The first-order chi connectivity index (χ1) is 8.63. The van der Waals surface area contributed by atoms with Gasteiger partial charge in [-0.3, -0.25) is 9.36 Å². The molecule has 5 heteroatoms. The van der Waals surface area contributed by atoms with Gasteiger partial charge in [-0.25, -0.2) is 4.79 Å². The molecule has 0 saturated heterocycles. The van der Waals surface area contributed by atoms with Crippen molar-refractivity contribution in [3.63, 3.8) is 0 Å². The fourth-order valence-corrected chi connectivity index (χ4v) is 1.69. The summed E-state index contributed by atoms with van der Waals surface area (Å²) >= 11 is 5.75. The molecule has 92 valence electrons. The van der Waals surface area contributed by atoms with E-state index in [1.807, 2.05) is 0 Å². The Labute approximate surface area is 109 Å². The van der Waals surface area contributed by atoms with Gasteiger partial charge < -0.3 is 4.74 Å². The molecule has 4 nitrogen and oxygen atoms in total. The predicted molar refractivity (Wildman–Crippen MR) is 67.0 cm³/mol. The highest BCUT2D eigenvalue weighted by Gasteiger charge is 2.17. The number of carbonyl (C=O) groups excluding carboxylic acids is 2. The lowest BCUT2D eigenvalue weighted by atomic mass is 10.2. The van der Waals surface area contributed by atoms with Crippen LogP contribution in [0.15, 0.2) is 42.6 Å². The van der Waals surface area contributed by atoms with E-state index in [1.54, 1.807) is 30.3 Å². The van der Waals surface area contributed by atoms with E-state index < -0.39 is 5.97 Å². The molecule has 1 heterocycles. The number of ether oxygens (including phenoxy) is 1. The summed E-state index contributed by atoms with van der Waals surface area (Å²) < 4.78 is 5.85. The Hall–Kier alpha value is -2.07. The second-order valence-corrected chi connectivity index (χ2v) is 4.00. The van der Waals surface area contributed by atoms with Crippen LogP contribution in [-0.2, 0) is 4.74 Å². The first kappa shape index (κ1) is 12.4. The van der Waals surface area contributed by atoms with Crippen molar-refractivity contribution in [1.29, 1.82) is 0 Å². The normalized spacial score (nSPS) is 10.1. The highest BCUT2D eigenvalue weighted by Crippen LogP contribution is 2.13. The van der Waals surface area contributed by atoms with Crippen molar-refractivity contribution in [2.24, 2.45) is 0 Å². The van der Waals surface area contributed by atoms with Crippen molar-refractivity contribution in [3.05, 3.63) is 58.9 Å². The number of esters is 1. The quantitative estimate of drug-likeness (QED) is 0.783. The van der Waals surface area contributed by atoms with Crippen LogP contribution in [0.5, 0.6) is 0 Å². The van der Waals surface area contributed by atoms with Crippen LogP contribution in [0.4, 0.5) is 0 Å². The monoisotopic (exact) mass is 263 g/mol. The van der Waals surface area contributed by atoms with E-state index >= 15 is 0 Å². The van der Waals surface area contributed by atoms with Gasteiger partial charge in [0.05, 0.1) is 7.11 Å². The molecule has 0 spiro atoms. The van der Waals surface area contributed by atoms with E-state index in [4.69, 9.17) is 11.6 Å². The number of aromatic nitrogens is 1. The molecule has 0 aliphatic rings. The zero-order valence-electron chi connectivity index (χ0n) is 9.59. The second kappa shape index (κ2) is 5.06. The number of benzene rings is 1. The lowest BCUT2D eigenvalue weighted by molar-refractivity contribution is 0.0583. The number of rotatable bonds is 2. The highest BCUT2D eigenvalue weighted by molar-refractivity contribution is 6.30. The van der Waals surface area contributed by atoms with Crippen LogP contribution >= 0.6 is 11.6 Å². The van der Waals surface area contributed by atoms with E-state index in [2.05, 4.69) is 4.74 Å². The van der Waals surface area contributed by atoms with E-state index in [9.17, 15) is 9.59 Å². The van der Waals surface area contributed by atoms with Crippen LogP contribution in [0.25, 0.3) is 0 Å². The maximum Gasteiger partial charge on any atom is 0.355 e. The maximum atomic E-state index is 12.2. The molecule has 0 aliphatic carbocycles. The Bertz CT molecular complexity index is 587. The van der Waals surface area contributed by atoms with Crippen LogP contribution in [0.2, 0.25) is 5.02 Å². The van der Waals surface area contributed by atoms with Gasteiger partial charge in [-0.15, -0.1) is 0 Å². The minimum absolute atomic E-state index is 0.192. The molecule has 0 bridgehead atoms. The lowest BCUT2D eigenvalue weighted by Gasteiger charge is -2.06. The molecule has 0 saturated carbocycles. The SMILES string of the molecule is COC(=O)c1cccn1C(=O)c1ccc(Cl)cc1. The molecule has 0 radical (unpaired) electrons. The number of halogens is 1. The zero-order valence-corrected chi connectivity index (χ0v) is 10.3. The second-order valence-electron chi connectivity index (χ2n) is 3.57. The van der Waals surface area contributed by atoms with Gasteiger partial charge in [-0.05, 0) is 36.4 Å². The summed E-state index contributed by atoms with van der Waals surface area (Å²) in [5.41, 5.74) is 0.637. The number of hydrogen-bond acceptors (Lipinski definition) is 3. The first-order valence-corrected chi connectivity index (χ1v) is 5.57. The smallest absolute Gasteiger partial charge is 0.355 e. The molecular weight excluding hydrogens is 254 g/mol. The van der Waals surface area contributed by atoms with Crippen molar-refractivity contribution < 1.29 is 14.3 Å². The molecule has 0 aliphatic heterocycles. The fraction of sp³-hybridized carbons (Fsp3) is 0.0769. The van der Waals surface area contributed by atoms with Crippen molar-refractivity contribution >= 4 is 23.5 Å². The molecule has 0 atom stereocenters. The van der Waals surface area contributed by atoms with E-state index in [0.717, 1.165) is 0 Å². The third-order valence-corrected chi connectivity index (χ3v) is 2.71. The van der Waals surface area contributed by atoms with Gasteiger partial charge in [0.2, 0.25) is 0 Å². The Morgan fingerprint density at radius 2 is 1.83 bits per heavy atom. The third-order valence-electron chi connectivity index (χ3n) is 2.45.